The molecule has 0 spiro atoms. The Morgan fingerprint density at radius 3 is 2.43 bits per heavy atom. The molecule has 1 aliphatic carbocycles. The van der Waals surface area contributed by atoms with Gasteiger partial charge in [0, 0.05) is 18.1 Å². The van der Waals surface area contributed by atoms with E-state index >= 15 is 0 Å². The maximum Gasteiger partial charge on any atom is 0.201 e. The molecule has 1 aliphatic rings. The van der Waals surface area contributed by atoms with E-state index in [2.05, 4.69) is 0 Å². The van der Waals surface area contributed by atoms with Crippen molar-refractivity contribution >= 4 is 5.78 Å². The molecule has 2 N–H and O–H groups in total. The molecule has 21 heavy (non-hydrogen) atoms. The van der Waals surface area contributed by atoms with Crippen molar-refractivity contribution in [2.75, 3.05) is 14.2 Å². The maximum absolute atomic E-state index is 12.6. The van der Waals surface area contributed by atoms with Crippen molar-refractivity contribution in [3.8, 4) is 23.0 Å². The zero-order valence-corrected chi connectivity index (χ0v) is 11.6. The van der Waals surface area contributed by atoms with Crippen LogP contribution >= 0.6 is 0 Å². The summed E-state index contributed by atoms with van der Waals surface area (Å²) >= 11 is 0. The van der Waals surface area contributed by atoms with Gasteiger partial charge in [-0.25, -0.2) is 0 Å². The number of hydrogen-bond donors (Lipinski definition) is 2. The van der Waals surface area contributed by atoms with E-state index < -0.39 is 5.78 Å². The highest BCUT2D eigenvalue weighted by Crippen LogP contribution is 2.41. The van der Waals surface area contributed by atoms with Crippen LogP contribution in [0.5, 0.6) is 23.0 Å². The van der Waals surface area contributed by atoms with Crippen LogP contribution in [0.25, 0.3) is 0 Å². The second-order valence-corrected chi connectivity index (χ2v) is 4.83. The first-order chi connectivity index (χ1) is 10.1. The van der Waals surface area contributed by atoms with Crippen molar-refractivity contribution in [2.24, 2.45) is 0 Å². The van der Waals surface area contributed by atoms with Crippen molar-refractivity contribution in [1.29, 1.82) is 0 Å². The summed E-state index contributed by atoms with van der Waals surface area (Å²) in [4.78, 5) is 12.6. The van der Waals surface area contributed by atoms with E-state index in [0.29, 0.717) is 29.0 Å². The number of benzene rings is 2. The predicted molar refractivity (Wildman–Crippen MR) is 75.6 cm³/mol. The standard InChI is InChI=1S/C16H14O5/c1-20-9-5-8-6-10-13(21-2)4-3-11(17)15(10)16(19)14(8)12(18)7-9/h3-5,7,17-18H,6H2,1-2H3. The third-order valence-electron chi connectivity index (χ3n) is 3.70. The minimum atomic E-state index is -0.414. The number of ketones is 1. The summed E-state index contributed by atoms with van der Waals surface area (Å²) in [5.74, 6) is 0.326. The van der Waals surface area contributed by atoms with Crippen LogP contribution in [-0.2, 0) is 6.42 Å². The topological polar surface area (TPSA) is 76.0 Å². The summed E-state index contributed by atoms with van der Waals surface area (Å²) < 4.78 is 10.4. The lowest BCUT2D eigenvalue weighted by Gasteiger charge is -2.22. The highest BCUT2D eigenvalue weighted by Gasteiger charge is 2.31. The molecule has 5 heteroatoms. The van der Waals surface area contributed by atoms with Gasteiger partial charge >= 0.3 is 0 Å². The van der Waals surface area contributed by atoms with E-state index in [1.165, 1.54) is 26.4 Å². The highest BCUT2D eigenvalue weighted by molar-refractivity contribution is 6.16. The number of phenols is 2. The molecule has 0 bridgehead atoms. The number of carbonyl (C=O) groups is 1. The highest BCUT2D eigenvalue weighted by atomic mass is 16.5. The summed E-state index contributed by atoms with van der Waals surface area (Å²) in [6.45, 7) is 0. The Balaban J connectivity index is 2.27. The number of carbonyl (C=O) groups excluding carboxylic acids is 1. The van der Waals surface area contributed by atoms with Gasteiger partial charge in [0.25, 0.3) is 0 Å². The molecule has 0 saturated carbocycles. The number of hydrogen-bond acceptors (Lipinski definition) is 5. The minimum absolute atomic E-state index is 0.114. The molecule has 2 aromatic carbocycles. The van der Waals surface area contributed by atoms with E-state index in [1.54, 1.807) is 12.1 Å². The number of aromatic hydroxyl groups is 2. The first-order valence-electron chi connectivity index (χ1n) is 6.40. The Kier molecular flexibility index (Phi) is 2.97. The SMILES string of the molecule is COc1cc(O)c2c(c1)Cc1c(OC)ccc(O)c1C2=O. The molecule has 0 unspecified atom stereocenters. The summed E-state index contributed by atoms with van der Waals surface area (Å²) in [6, 6.07) is 6.13. The number of methoxy groups -OCH3 is 2. The lowest BCUT2D eigenvalue weighted by Crippen LogP contribution is -2.16. The van der Waals surface area contributed by atoms with Crippen LogP contribution in [0.15, 0.2) is 24.3 Å². The summed E-state index contributed by atoms with van der Waals surface area (Å²) in [7, 11) is 3.00. The van der Waals surface area contributed by atoms with Crippen molar-refractivity contribution in [3.63, 3.8) is 0 Å². The van der Waals surface area contributed by atoms with Gasteiger partial charge in [0.1, 0.15) is 23.0 Å². The second kappa shape index (κ2) is 4.70. The number of rotatable bonds is 2. The molecule has 0 saturated heterocycles. The van der Waals surface area contributed by atoms with Gasteiger partial charge in [0.2, 0.25) is 5.78 Å². The first-order valence-corrected chi connectivity index (χ1v) is 6.40. The molecule has 0 aromatic heterocycles. The molecule has 0 fully saturated rings. The third-order valence-corrected chi connectivity index (χ3v) is 3.70. The Bertz CT molecular complexity index is 749. The van der Waals surface area contributed by atoms with E-state index in [-0.39, 0.29) is 22.6 Å². The minimum Gasteiger partial charge on any atom is -0.507 e. The molecule has 5 nitrogen and oxygen atoms in total. The van der Waals surface area contributed by atoms with Crippen molar-refractivity contribution in [2.45, 2.75) is 6.42 Å². The van der Waals surface area contributed by atoms with Crippen LogP contribution in [0.4, 0.5) is 0 Å². The summed E-state index contributed by atoms with van der Waals surface area (Å²) in [6.07, 6.45) is 0.374. The molecule has 3 rings (SSSR count). The average molecular weight is 286 g/mol. The van der Waals surface area contributed by atoms with Gasteiger partial charge in [0.15, 0.2) is 0 Å². The fraction of sp³-hybridized carbons (Fsp3) is 0.188. The Labute approximate surface area is 121 Å². The Morgan fingerprint density at radius 2 is 1.76 bits per heavy atom. The Hall–Kier alpha value is -2.69. The van der Waals surface area contributed by atoms with Crippen molar-refractivity contribution < 1.29 is 24.5 Å². The number of fused-ring (bicyclic) bond motifs is 2. The van der Waals surface area contributed by atoms with Crippen LogP contribution < -0.4 is 9.47 Å². The van der Waals surface area contributed by atoms with Gasteiger partial charge in [-0.3, -0.25) is 4.79 Å². The molecule has 2 aromatic rings. The quantitative estimate of drug-likeness (QED) is 0.755. The predicted octanol–water partition coefficient (Wildman–Crippen LogP) is 2.25. The number of ether oxygens (including phenoxy) is 2. The maximum atomic E-state index is 12.6. The van der Waals surface area contributed by atoms with E-state index in [4.69, 9.17) is 9.47 Å². The largest absolute Gasteiger partial charge is 0.507 e. The Morgan fingerprint density at radius 1 is 1.00 bits per heavy atom. The lowest BCUT2D eigenvalue weighted by atomic mass is 9.83. The van der Waals surface area contributed by atoms with E-state index in [0.717, 1.165) is 0 Å². The van der Waals surface area contributed by atoms with E-state index in [9.17, 15) is 15.0 Å². The third kappa shape index (κ3) is 1.89. The van der Waals surface area contributed by atoms with Crippen LogP contribution in [0.3, 0.4) is 0 Å². The fourth-order valence-electron chi connectivity index (χ4n) is 2.73. The molecular formula is C16H14O5. The molecular weight excluding hydrogens is 272 g/mol. The average Bonchev–Trinajstić information content (AvgIpc) is 2.46. The second-order valence-electron chi connectivity index (χ2n) is 4.83. The fourth-order valence-corrected chi connectivity index (χ4v) is 2.73. The molecule has 0 atom stereocenters. The molecule has 108 valence electrons. The van der Waals surface area contributed by atoms with Crippen LogP contribution in [0, 0.1) is 0 Å². The first kappa shape index (κ1) is 13.3. The monoisotopic (exact) mass is 286 g/mol. The van der Waals surface area contributed by atoms with Crippen LogP contribution in [0.2, 0.25) is 0 Å². The van der Waals surface area contributed by atoms with Crippen molar-refractivity contribution in [1.82, 2.24) is 0 Å². The summed E-state index contributed by atoms with van der Waals surface area (Å²) in [5, 5.41) is 20.0. The van der Waals surface area contributed by atoms with Gasteiger partial charge in [-0.2, -0.15) is 0 Å². The normalized spacial score (nSPS) is 12.6. The smallest absolute Gasteiger partial charge is 0.201 e. The van der Waals surface area contributed by atoms with Gasteiger partial charge in [0.05, 0.1) is 25.3 Å². The van der Waals surface area contributed by atoms with E-state index in [1.807, 2.05) is 0 Å². The molecule has 0 radical (unpaired) electrons. The molecule has 0 heterocycles. The van der Waals surface area contributed by atoms with Crippen LogP contribution in [-0.4, -0.2) is 30.2 Å². The van der Waals surface area contributed by atoms with Crippen LogP contribution in [0.1, 0.15) is 27.0 Å². The number of phenolic OH excluding ortho intramolecular Hbond substituents is 2. The zero-order chi connectivity index (χ0) is 15.1. The zero-order valence-electron chi connectivity index (χ0n) is 11.6. The van der Waals surface area contributed by atoms with Crippen molar-refractivity contribution in [3.05, 3.63) is 46.5 Å². The van der Waals surface area contributed by atoms with Gasteiger partial charge in [-0.1, -0.05) is 0 Å². The van der Waals surface area contributed by atoms with Gasteiger partial charge in [-0.15, -0.1) is 0 Å². The lowest BCUT2D eigenvalue weighted by molar-refractivity contribution is 0.102. The van der Waals surface area contributed by atoms with Gasteiger partial charge in [-0.05, 0) is 23.8 Å². The molecule has 0 aliphatic heterocycles. The summed E-state index contributed by atoms with van der Waals surface area (Å²) in [5.41, 5.74) is 1.64. The van der Waals surface area contributed by atoms with Gasteiger partial charge < -0.3 is 19.7 Å². The molecule has 0 amide bonds.